The molecule has 1 aliphatic rings. The third-order valence-electron chi connectivity index (χ3n) is 3.24. The molecule has 1 saturated heterocycles. The van der Waals surface area contributed by atoms with Crippen LogP contribution in [-0.4, -0.2) is 21.3 Å². The summed E-state index contributed by atoms with van der Waals surface area (Å²) in [5.41, 5.74) is 0.544. The molecule has 19 heavy (non-hydrogen) atoms. The Bertz CT molecular complexity index is 634. The number of benzene rings is 1. The number of fused-ring (bicyclic) bond motifs is 1. The fourth-order valence-corrected chi connectivity index (χ4v) is 2.50. The van der Waals surface area contributed by atoms with E-state index in [9.17, 15) is 10.1 Å². The molecule has 2 aromatic rings. The minimum Gasteiger partial charge on any atom is -0.357 e. The first-order valence-corrected chi connectivity index (χ1v) is 6.47. The minimum absolute atomic E-state index is 0.0843. The van der Waals surface area contributed by atoms with Gasteiger partial charge in [0.25, 0.3) is 5.69 Å². The maximum absolute atomic E-state index is 10.8. The number of nitro benzene ring substituents is 1. The molecule has 1 unspecified atom stereocenters. The number of ether oxygens (including phenoxy) is 1. The third-order valence-corrected chi connectivity index (χ3v) is 3.54. The van der Waals surface area contributed by atoms with Gasteiger partial charge in [-0.3, -0.25) is 10.1 Å². The number of hydrogen-bond acceptors (Lipinski definition) is 4. The van der Waals surface area contributed by atoms with Crippen molar-refractivity contribution in [2.45, 2.75) is 25.5 Å². The van der Waals surface area contributed by atoms with Crippen molar-refractivity contribution in [3.8, 4) is 0 Å². The highest BCUT2D eigenvalue weighted by atomic mass is 35.5. The van der Waals surface area contributed by atoms with Crippen LogP contribution in [0, 0.1) is 10.1 Å². The molecule has 0 radical (unpaired) electrons. The molecule has 1 aromatic heterocycles. The van der Waals surface area contributed by atoms with Gasteiger partial charge in [0, 0.05) is 24.3 Å². The highest BCUT2D eigenvalue weighted by Gasteiger charge is 2.19. The summed E-state index contributed by atoms with van der Waals surface area (Å²) in [6.07, 6.45) is 4.76. The predicted octanol–water partition coefficient (Wildman–Crippen LogP) is 3.30. The summed E-state index contributed by atoms with van der Waals surface area (Å²) in [7, 11) is 0. The van der Waals surface area contributed by atoms with Crippen LogP contribution in [-0.2, 0) is 4.74 Å². The van der Waals surface area contributed by atoms with E-state index < -0.39 is 4.92 Å². The zero-order chi connectivity index (χ0) is 13.4. The molecule has 6 nitrogen and oxygen atoms in total. The van der Waals surface area contributed by atoms with E-state index in [0.29, 0.717) is 10.9 Å². The van der Waals surface area contributed by atoms with Crippen molar-refractivity contribution in [1.82, 2.24) is 9.78 Å². The normalized spacial score (nSPS) is 19.7. The smallest absolute Gasteiger partial charge is 0.288 e. The molecule has 3 rings (SSSR count). The lowest BCUT2D eigenvalue weighted by Crippen LogP contribution is -2.18. The van der Waals surface area contributed by atoms with Gasteiger partial charge in [-0.15, -0.1) is 0 Å². The van der Waals surface area contributed by atoms with E-state index >= 15 is 0 Å². The summed E-state index contributed by atoms with van der Waals surface area (Å²) in [4.78, 5) is 10.4. The van der Waals surface area contributed by atoms with Crippen molar-refractivity contribution in [2.24, 2.45) is 0 Å². The van der Waals surface area contributed by atoms with Gasteiger partial charge in [-0.25, -0.2) is 4.68 Å². The minimum atomic E-state index is -0.490. The molecular weight excluding hydrogens is 270 g/mol. The van der Waals surface area contributed by atoms with E-state index in [4.69, 9.17) is 16.3 Å². The lowest BCUT2D eigenvalue weighted by Gasteiger charge is -2.22. The number of nitro groups is 1. The zero-order valence-corrected chi connectivity index (χ0v) is 10.8. The highest BCUT2D eigenvalue weighted by Crippen LogP contribution is 2.31. The molecule has 7 heteroatoms. The lowest BCUT2D eigenvalue weighted by atomic mass is 10.2. The maximum Gasteiger partial charge on any atom is 0.288 e. The highest BCUT2D eigenvalue weighted by molar-refractivity contribution is 6.33. The predicted molar refractivity (Wildman–Crippen MR) is 70.2 cm³/mol. The van der Waals surface area contributed by atoms with E-state index in [2.05, 4.69) is 5.10 Å². The molecule has 0 saturated carbocycles. The van der Waals surface area contributed by atoms with Gasteiger partial charge in [0.2, 0.25) is 0 Å². The van der Waals surface area contributed by atoms with E-state index in [1.165, 1.54) is 12.1 Å². The Hall–Kier alpha value is -1.66. The van der Waals surface area contributed by atoms with Crippen LogP contribution in [0.4, 0.5) is 5.69 Å². The molecule has 0 spiro atoms. The number of aromatic nitrogens is 2. The van der Waals surface area contributed by atoms with Crippen molar-refractivity contribution >= 4 is 28.2 Å². The van der Waals surface area contributed by atoms with Crippen LogP contribution in [0.5, 0.6) is 0 Å². The van der Waals surface area contributed by atoms with E-state index in [-0.39, 0.29) is 16.9 Å². The van der Waals surface area contributed by atoms with E-state index in [1.54, 1.807) is 10.9 Å². The van der Waals surface area contributed by atoms with Gasteiger partial charge < -0.3 is 4.74 Å². The largest absolute Gasteiger partial charge is 0.357 e. The standard InChI is InChI=1S/C12H12ClN3O3/c13-9-6-10-8(5-11(9)16(17)18)7-15(14-10)12-3-1-2-4-19-12/h5-7,12H,1-4H2. The molecule has 1 atom stereocenters. The van der Waals surface area contributed by atoms with Crippen LogP contribution < -0.4 is 0 Å². The Labute approximate surface area is 114 Å². The van der Waals surface area contributed by atoms with Gasteiger partial charge in [-0.2, -0.15) is 5.10 Å². The lowest BCUT2D eigenvalue weighted by molar-refractivity contribution is -0.384. The summed E-state index contributed by atoms with van der Waals surface area (Å²) in [6, 6.07) is 2.97. The molecular formula is C12H12ClN3O3. The van der Waals surface area contributed by atoms with Gasteiger partial charge in [0.05, 0.1) is 10.4 Å². The SMILES string of the molecule is O=[N+]([O-])c1cc2cn(C3CCCCO3)nc2cc1Cl. The molecule has 0 amide bonds. The quantitative estimate of drug-likeness (QED) is 0.625. The van der Waals surface area contributed by atoms with Gasteiger partial charge >= 0.3 is 0 Å². The summed E-state index contributed by atoms with van der Waals surface area (Å²) < 4.78 is 7.36. The Morgan fingerprint density at radius 1 is 1.47 bits per heavy atom. The molecule has 1 fully saturated rings. The van der Waals surface area contributed by atoms with Crippen LogP contribution in [0.15, 0.2) is 18.3 Å². The Kier molecular flexibility index (Phi) is 3.12. The first kappa shape index (κ1) is 12.4. The Morgan fingerprint density at radius 2 is 2.32 bits per heavy atom. The summed E-state index contributed by atoms with van der Waals surface area (Å²) in [5, 5.41) is 16.0. The first-order chi connectivity index (χ1) is 9.15. The molecule has 1 aliphatic heterocycles. The molecule has 0 aliphatic carbocycles. The van der Waals surface area contributed by atoms with Gasteiger partial charge in [-0.1, -0.05) is 11.6 Å². The van der Waals surface area contributed by atoms with Crippen LogP contribution in [0.3, 0.4) is 0 Å². The zero-order valence-electron chi connectivity index (χ0n) is 10.1. The fourth-order valence-electron chi connectivity index (χ4n) is 2.27. The van der Waals surface area contributed by atoms with Crippen LogP contribution in [0.25, 0.3) is 10.9 Å². The number of halogens is 1. The number of rotatable bonds is 2. The molecule has 2 heterocycles. The number of hydrogen-bond donors (Lipinski definition) is 0. The van der Waals surface area contributed by atoms with Gasteiger partial charge in [-0.05, 0) is 25.3 Å². The first-order valence-electron chi connectivity index (χ1n) is 6.09. The van der Waals surface area contributed by atoms with E-state index in [0.717, 1.165) is 25.9 Å². The summed E-state index contributed by atoms with van der Waals surface area (Å²) >= 11 is 5.87. The molecule has 100 valence electrons. The second-order valence-electron chi connectivity index (χ2n) is 4.55. The number of nitrogens with zero attached hydrogens (tertiary/aromatic N) is 3. The van der Waals surface area contributed by atoms with Crippen LogP contribution in [0.2, 0.25) is 5.02 Å². The monoisotopic (exact) mass is 281 g/mol. The maximum atomic E-state index is 10.8. The van der Waals surface area contributed by atoms with Gasteiger partial charge in [0.1, 0.15) is 11.3 Å². The third kappa shape index (κ3) is 2.29. The Balaban J connectivity index is 2.02. The average molecular weight is 282 g/mol. The second-order valence-corrected chi connectivity index (χ2v) is 4.96. The van der Waals surface area contributed by atoms with Crippen molar-refractivity contribution in [2.75, 3.05) is 6.61 Å². The second kappa shape index (κ2) is 4.79. The van der Waals surface area contributed by atoms with Crippen LogP contribution >= 0.6 is 11.6 Å². The summed E-state index contributed by atoms with van der Waals surface area (Å²) in [5.74, 6) is 0. The van der Waals surface area contributed by atoms with Gasteiger partial charge in [0.15, 0.2) is 0 Å². The van der Waals surface area contributed by atoms with Crippen molar-refractivity contribution in [3.63, 3.8) is 0 Å². The Morgan fingerprint density at radius 3 is 3.00 bits per heavy atom. The summed E-state index contributed by atoms with van der Waals surface area (Å²) in [6.45, 7) is 0.724. The topological polar surface area (TPSA) is 70.2 Å². The fraction of sp³-hybridized carbons (Fsp3) is 0.417. The average Bonchev–Trinajstić information content (AvgIpc) is 2.81. The molecule has 0 N–H and O–H groups in total. The van der Waals surface area contributed by atoms with Crippen molar-refractivity contribution in [3.05, 3.63) is 33.5 Å². The molecule has 1 aromatic carbocycles. The van der Waals surface area contributed by atoms with Crippen molar-refractivity contribution in [1.29, 1.82) is 0 Å². The molecule has 0 bridgehead atoms. The van der Waals surface area contributed by atoms with Crippen molar-refractivity contribution < 1.29 is 9.66 Å². The van der Waals surface area contributed by atoms with E-state index in [1.807, 2.05) is 0 Å². The van der Waals surface area contributed by atoms with Crippen LogP contribution in [0.1, 0.15) is 25.5 Å².